The average Bonchev–Trinajstić information content (AvgIpc) is 2.33. The largest absolute Gasteiger partial charge is 0.478 e. The van der Waals surface area contributed by atoms with Crippen molar-refractivity contribution in [3.05, 3.63) is 36.7 Å². The van der Waals surface area contributed by atoms with Crippen LogP contribution >= 0.6 is 11.8 Å². The van der Waals surface area contributed by atoms with Crippen LogP contribution in [0.2, 0.25) is 0 Å². The van der Waals surface area contributed by atoms with Gasteiger partial charge in [0.05, 0.1) is 18.5 Å². The number of hydrogen-bond acceptors (Lipinski definition) is 5. The Hall–Kier alpha value is -1.75. The highest BCUT2D eigenvalue weighted by atomic mass is 32.2. The maximum absolute atomic E-state index is 5.82. The average molecular weight is 247 g/mol. The molecule has 2 heterocycles. The third kappa shape index (κ3) is 3.10. The molecule has 2 aromatic heterocycles. The predicted molar refractivity (Wildman–Crippen MR) is 68.2 cm³/mol. The van der Waals surface area contributed by atoms with E-state index in [1.807, 2.05) is 31.2 Å². The van der Waals surface area contributed by atoms with Crippen molar-refractivity contribution in [3.63, 3.8) is 0 Å². The van der Waals surface area contributed by atoms with Crippen molar-refractivity contribution < 1.29 is 4.74 Å². The zero-order chi connectivity index (χ0) is 12.1. The van der Waals surface area contributed by atoms with Crippen molar-refractivity contribution in [1.82, 2.24) is 9.97 Å². The first-order valence-electron chi connectivity index (χ1n) is 5.27. The molecule has 0 bridgehead atoms. The molecule has 5 heteroatoms. The standard InChI is InChI=1S/C12H13N3OS/c1-2-16-11-4-3-5-12(15-11)17-10-6-7-14-8-9(10)13/h3-8H,2,13H2,1H3. The summed E-state index contributed by atoms with van der Waals surface area (Å²) in [6, 6.07) is 7.54. The minimum atomic E-state index is 0.610. The van der Waals surface area contributed by atoms with Gasteiger partial charge < -0.3 is 10.5 Å². The molecular formula is C12H13N3OS. The quantitative estimate of drug-likeness (QED) is 0.899. The molecule has 0 aliphatic rings. The smallest absolute Gasteiger partial charge is 0.214 e. The van der Waals surface area contributed by atoms with Gasteiger partial charge in [0, 0.05) is 17.2 Å². The zero-order valence-electron chi connectivity index (χ0n) is 9.46. The molecule has 0 spiro atoms. The summed E-state index contributed by atoms with van der Waals surface area (Å²) in [5.74, 6) is 0.630. The van der Waals surface area contributed by atoms with Crippen molar-refractivity contribution in [3.8, 4) is 5.88 Å². The molecule has 0 saturated heterocycles. The summed E-state index contributed by atoms with van der Waals surface area (Å²) in [6.07, 6.45) is 3.35. The van der Waals surface area contributed by atoms with Crippen LogP contribution in [0.5, 0.6) is 5.88 Å². The fraction of sp³-hybridized carbons (Fsp3) is 0.167. The maximum atomic E-state index is 5.82. The molecular weight excluding hydrogens is 234 g/mol. The molecule has 2 aromatic rings. The Morgan fingerprint density at radius 2 is 2.24 bits per heavy atom. The Balaban J connectivity index is 2.18. The van der Waals surface area contributed by atoms with Gasteiger partial charge in [-0.15, -0.1) is 0 Å². The van der Waals surface area contributed by atoms with Crippen molar-refractivity contribution in [2.45, 2.75) is 16.8 Å². The summed E-state index contributed by atoms with van der Waals surface area (Å²) in [4.78, 5) is 9.26. The van der Waals surface area contributed by atoms with Gasteiger partial charge in [-0.3, -0.25) is 4.98 Å². The lowest BCUT2D eigenvalue weighted by Crippen LogP contribution is -1.95. The summed E-state index contributed by atoms with van der Waals surface area (Å²) in [6.45, 7) is 2.54. The van der Waals surface area contributed by atoms with Crippen LogP contribution in [0.3, 0.4) is 0 Å². The molecule has 2 rings (SSSR count). The van der Waals surface area contributed by atoms with Crippen LogP contribution in [0.4, 0.5) is 5.69 Å². The van der Waals surface area contributed by atoms with Crippen molar-refractivity contribution in [2.24, 2.45) is 0 Å². The second-order valence-corrected chi connectivity index (χ2v) is 4.32. The lowest BCUT2D eigenvalue weighted by molar-refractivity contribution is 0.324. The molecule has 0 atom stereocenters. The van der Waals surface area contributed by atoms with Gasteiger partial charge >= 0.3 is 0 Å². The van der Waals surface area contributed by atoms with E-state index in [9.17, 15) is 0 Å². The van der Waals surface area contributed by atoms with Crippen LogP contribution in [0.25, 0.3) is 0 Å². The molecule has 0 unspecified atom stereocenters. The van der Waals surface area contributed by atoms with E-state index in [-0.39, 0.29) is 0 Å². The lowest BCUT2D eigenvalue weighted by Gasteiger charge is -2.06. The van der Waals surface area contributed by atoms with Gasteiger partial charge in [0.25, 0.3) is 0 Å². The number of hydrogen-bond donors (Lipinski definition) is 1. The maximum Gasteiger partial charge on any atom is 0.214 e. The van der Waals surface area contributed by atoms with Gasteiger partial charge in [0.15, 0.2) is 0 Å². The first-order valence-corrected chi connectivity index (χ1v) is 6.08. The van der Waals surface area contributed by atoms with Gasteiger partial charge in [0.2, 0.25) is 5.88 Å². The molecule has 0 aromatic carbocycles. The summed E-state index contributed by atoms with van der Waals surface area (Å²) >= 11 is 1.50. The molecule has 0 amide bonds. The van der Waals surface area contributed by atoms with E-state index in [0.717, 1.165) is 9.92 Å². The van der Waals surface area contributed by atoms with Gasteiger partial charge in [-0.2, -0.15) is 0 Å². The van der Waals surface area contributed by atoms with Gasteiger partial charge in [-0.05, 0) is 19.1 Å². The normalized spacial score (nSPS) is 10.2. The molecule has 4 nitrogen and oxygen atoms in total. The van der Waals surface area contributed by atoms with E-state index < -0.39 is 0 Å². The first kappa shape index (κ1) is 11.7. The Bertz CT molecular complexity index is 505. The molecule has 0 radical (unpaired) electrons. The molecule has 0 saturated carbocycles. The van der Waals surface area contributed by atoms with E-state index in [1.165, 1.54) is 11.8 Å². The third-order valence-electron chi connectivity index (χ3n) is 2.01. The van der Waals surface area contributed by atoms with E-state index >= 15 is 0 Å². The number of aromatic nitrogens is 2. The zero-order valence-corrected chi connectivity index (χ0v) is 10.3. The number of nitrogens with zero attached hydrogens (tertiary/aromatic N) is 2. The van der Waals surface area contributed by atoms with Crippen molar-refractivity contribution in [2.75, 3.05) is 12.3 Å². The Kier molecular flexibility index (Phi) is 3.82. The van der Waals surface area contributed by atoms with Crippen LogP contribution in [0.15, 0.2) is 46.6 Å². The molecule has 0 aliphatic carbocycles. The number of rotatable bonds is 4. The number of nitrogen functional groups attached to an aromatic ring is 1. The van der Waals surface area contributed by atoms with Gasteiger partial charge in [-0.1, -0.05) is 17.8 Å². The highest BCUT2D eigenvalue weighted by Crippen LogP contribution is 2.30. The third-order valence-corrected chi connectivity index (χ3v) is 3.04. The molecule has 0 fully saturated rings. The fourth-order valence-electron chi connectivity index (χ4n) is 1.28. The van der Waals surface area contributed by atoms with Crippen LogP contribution in [0.1, 0.15) is 6.92 Å². The topological polar surface area (TPSA) is 61.0 Å². The highest BCUT2D eigenvalue weighted by Gasteiger charge is 2.03. The van der Waals surface area contributed by atoms with Crippen LogP contribution in [-0.4, -0.2) is 16.6 Å². The second-order valence-electron chi connectivity index (χ2n) is 3.26. The second kappa shape index (κ2) is 5.54. The minimum Gasteiger partial charge on any atom is -0.478 e. The minimum absolute atomic E-state index is 0.610. The Labute approximate surface area is 104 Å². The molecule has 2 N–H and O–H groups in total. The molecule has 88 valence electrons. The highest BCUT2D eigenvalue weighted by molar-refractivity contribution is 7.99. The van der Waals surface area contributed by atoms with E-state index in [4.69, 9.17) is 10.5 Å². The summed E-state index contributed by atoms with van der Waals surface area (Å²) in [5.41, 5.74) is 6.48. The Morgan fingerprint density at radius 1 is 1.35 bits per heavy atom. The monoisotopic (exact) mass is 247 g/mol. The first-order chi connectivity index (χ1) is 8.29. The number of pyridine rings is 2. The fourth-order valence-corrected chi connectivity index (χ4v) is 2.09. The number of nitrogens with two attached hydrogens (primary N) is 1. The summed E-state index contributed by atoms with van der Waals surface area (Å²) < 4.78 is 5.35. The predicted octanol–water partition coefficient (Wildman–Crippen LogP) is 2.61. The van der Waals surface area contributed by atoms with E-state index in [0.29, 0.717) is 18.2 Å². The van der Waals surface area contributed by atoms with Crippen molar-refractivity contribution >= 4 is 17.4 Å². The van der Waals surface area contributed by atoms with E-state index in [1.54, 1.807) is 12.4 Å². The Morgan fingerprint density at radius 3 is 3.00 bits per heavy atom. The van der Waals surface area contributed by atoms with E-state index in [2.05, 4.69) is 9.97 Å². The van der Waals surface area contributed by atoms with Crippen LogP contribution in [-0.2, 0) is 0 Å². The molecule has 0 aliphatic heterocycles. The SMILES string of the molecule is CCOc1cccc(Sc2ccncc2N)n1. The summed E-state index contributed by atoms with van der Waals surface area (Å²) in [7, 11) is 0. The van der Waals surface area contributed by atoms with Crippen LogP contribution in [0, 0.1) is 0 Å². The summed E-state index contributed by atoms with van der Waals surface area (Å²) in [5, 5.41) is 0.855. The lowest BCUT2D eigenvalue weighted by atomic mass is 10.4. The number of ether oxygens (including phenoxy) is 1. The molecule has 17 heavy (non-hydrogen) atoms. The van der Waals surface area contributed by atoms with Gasteiger partial charge in [0.1, 0.15) is 5.03 Å². The van der Waals surface area contributed by atoms with Crippen LogP contribution < -0.4 is 10.5 Å². The number of anilines is 1. The van der Waals surface area contributed by atoms with Gasteiger partial charge in [-0.25, -0.2) is 4.98 Å². The van der Waals surface area contributed by atoms with Crippen molar-refractivity contribution in [1.29, 1.82) is 0 Å².